The minimum atomic E-state index is -0.922. The second-order valence-electron chi connectivity index (χ2n) is 4.77. The number of aromatic carboxylic acids is 1. The topological polar surface area (TPSA) is 62.7 Å². The van der Waals surface area contributed by atoms with Crippen LogP contribution in [0.25, 0.3) is 0 Å². The van der Waals surface area contributed by atoms with Crippen LogP contribution in [0, 0.1) is 6.92 Å². The SMILES string of the molecule is CCOC1CCN(c2nc(C)ccc2C(=O)O)CC1. The molecule has 104 valence electrons. The molecule has 0 bridgehead atoms. The molecule has 5 nitrogen and oxygen atoms in total. The molecule has 1 N–H and O–H groups in total. The molecule has 0 saturated carbocycles. The van der Waals surface area contributed by atoms with Crippen molar-refractivity contribution in [3.63, 3.8) is 0 Å². The summed E-state index contributed by atoms with van der Waals surface area (Å²) in [4.78, 5) is 17.7. The van der Waals surface area contributed by atoms with Crippen LogP contribution in [0.15, 0.2) is 12.1 Å². The zero-order valence-electron chi connectivity index (χ0n) is 11.4. The Morgan fingerprint density at radius 1 is 1.47 bits per heavy atom. The molecule has 0 radical (unpaired) electrons. The molecule has 19 heavy (non-hydrogen) atoms. The molecule has 1 aliphatic heterocycles. The first-order chi connectivity index (χ1) is 9.11. The van der Waals surface area contributed by atoms with Crippen molar-refractivity contribution in [2.75, 3.05) is 24.6 Å². The van der Waals surface area contributed by atoms with Gasteiger partial charge in [0.15, 0.2) is 0 Å². The fourth-order valence-corrected chi connectivity index (χ4v) is 2.42. The maximum atomic E-state index is 11.3. The molecule has 0 aliphatic carbocycles. The maximum absolute atomic E-state index is 11.3. The zero-order valence-corrected chi connectivity index (χ0v) is 11.4. The first-order valence-electron chi connectivity index (χ1n) is 6.69. The van der Waals surface area contributed by atoms with Gasteiger partial charge in [-0.05, 0) is 38.8 Å². The quantitative estimate of drug-likeness (QED) is 0.902. The number of pyridine rings is 1. The van der Waals surface area contributed by atoms with Crippen LogP contribution in [0.4, 0.5) is 5.82 Å². The number of piperidine rings is 1. The van der Waals surface area contributed by atoms with E-state index >= 15 is 0 Å². The van der Waals surface area contributed by atoms with Crippen molar-refractivity contribution in [1.29, 1.82) is 0 Å². The van der Waals surface area contributed by atoms with Gasteiger partial charge in [-0.25, -0.2) is 9.78 Å². The van der Waals surface area contributed by atoms with Gasteiger partial charge in [-0.3, -0.25) is 0 Å². The van der Waals surface area contributed by atoms with E-state index in [4.69, 9.17) is 4.74 Å². The van der Waals surface area contributed by atoms with E-state index in [9.17, 15) is 9.90 Å². The number of anilines is 1. The van der Waals surface area contributed by atoms with E-state index in [1.807, 2.05) is 18.7 Å². The molecule has 0 spiro atoms. The molecule has 0 unspecified atom stereocenters. The number of aromatic nitrogens is 1. The van der Waals surface area contributed by atoms with E-state index in [-0.39, 0.29) is 5.56 Å². The van der Waals surface area contributed by atoms with Gasteiger partial charge in [0, 0.05) is 25.4 Å². The van der Waals surface area contributed by atoms with E-state index in [0.717, 1.165) is 38.2 Å². The molecular weight excluding hydrogens is 244 g/mol. The lowest BCUT2D eigenvalue weighted by molar-refractivity contribution is 0.0458. The summed E-state index contributed by atoms with van der Waals surface area (Å²) in [6, 6.07) is 3.37. The third kappa shape index (κ3) is 3.23. The van der Waals surface area contributed by atoms with Crippen molar-refractivity contribution < 1.29 is 14.6 Å². The molecule has 1 saturated heterocycles. The Morgan fingerprint density at radius 2 is 2.16 bits per heavy atom. The van der Waals surface area contributed by atoms with Gasteiger partial charge in [-0.1, -0.05) is 0 Å². The standard InChI is InChI=1S/C14H20N2O3/c1-3-19-11-6-8-16(9-7-11)13-12(14(17)18)5-4-10(2)15-13/h4-5,11H,3,6-9H2,1-2H3,(H,17,18). The third-order valence-electron chi connectivity index (χ3n) is 3.39. The molecule has 0 atom stereocenters. The van der Waals surface area contributed by atoms with E-state index < -0.39 is 5.97 Å². The van der Waals surface area contributed by atoms with E-state index in [2.05, 4.69) is 4.98 Å². The first kappa shape index (κ1) is 13.8. The van der Waals surface area contributed by atoms with Crippen LogP contribution in [-0.2, 0) is 4.74 Å². The van der Waals surface area contributed by atoms with E-state index in [1.165, 1.54) is 0 Å². The van der Waals surface area contributed by atoms with Crippen molar-refractivity contribution in [1.82, 2.24) is 4.98 Å². The average molecular weight is 264 g/mol. The Balaban J connectivity index is 2.14. The maximum Gasteiger partial charge on any atom is 0.339 e. The van der Waals surface area contributed by atoms with Gasteiger partial charge >= 0.3 is 5.97 Å². The highest BCUT2D eigenvalue weighted by atomic mass is 16.5. The van der Waals surface area contributed by atoms with Gasteiger partial charge in [0.1, 0.15) is 11.4 Å². The monoisotopic (exact) mass is 264 g/mol. The minimum absolute atomic E-state index is 0.278. The van der Waals surface area contributed by atoms with Crippen LogP contribution in [0.5, 0.6) is 0 Å². The zero-order chi connectivity index (χ0) is 13.8. The van der Waals surface area contributed by atoms with Gasteiger partial charge < -0.3 is 14.7 Å². The molecule has 1 fully saturated rings. The first-order valence-corrected chi connectivity index (χ1v) is 6.69. The molecule has 0 amide bonds. The second-order valence-corrected chi connectivity index (χ2v) is 4.77. The Morgan fingerprint density at radius 3 is 2.74 bits per heavy atom. The summed E-state index contributed by atoms with van der Waals surface area (Å²) >= 11 is 0. The van der Waals surface area contributed by atoms with Crippen LogP contribution in [0.3, 0.4) is 0 Å². The summed E-state index contributed by atoms with van der Waals surface area (Å²) in [5.41, 5.74) is 1.12. The van der Waals surface area contributed by atoms with Crippen LogP contribution in [-0.4, -0.2) is 41.9 Å². The van der Waals surface area contributed by atoms with Gasteiger partial charge in [0.25, 0.3) is 0 Å². The Labute approximate surface area is 113 Å². The highest BCUT2D eigenvalue weighted by Crippen LogP contribution is 2.23. The largest absolute Gasteiger partial charge is 0.478 e. The van der Waals surface area contributed by atoms with Crippen molar-refractivity contribution >= 4 is 11.8 Å². The Bertz CT molecular complexity index is 454. The smallest absolute Gasteiger partial charge is 0.339 e. The van der Waals surface area contributed by atoms with Crippen molar-refractivity contribution in [3.8, 4) is 0 Å². The van der Waals surface area contributed by atoms with Gasteiger partial charge in [0.2, 0.25) is 0 Å². The molecule has 2 heterocycles. The number of rotatable bonds is 4. The van der Waals surface area contributed by atoms with Crippen LogP contribution in [0.1, 0.15) is 35.8 Å². The number of nitrogens with zero attached hydrogens (tertiary/aromatic N) is 2. The second kappa shape index (κ2) is 6.02. The molecule has 1 aromatic rings. The lowest BCUT2D eigenvalue weighted by Gasteiger charge is -2.33. The molecule has 0 aromatic carbocycles. The number of aryl methyl sites for hydroxylation is 1. The molecule has 5 heteroatoms. The molecule has 1 aromatic heterocycles. The number of carbonyl (C=O) groups is 1. The fourth-order valence-electron chi connectivity index (χ4n) is 2.42. The minimum Gasteiger partial charge on any atom is -0.478 e. The van der Waals surface area contributed by atoms with Gasteiger partial charge in [-0.15, -0.1) is 0 Å². The predicted octanol–water partition coefficient (Wildman–Crippen LogP) is 2.09. The average Bonchev–Trinajstić information content (AvgIpc) is 2.39. The Kier molecular flexibility index (Phi) is 4.37. The summed E-state index contributed by atoms with van der Waals surface area (Å²) in [5, 5.41) is 9.23. The number of hydrogen-bond donors (Lipinski definition) is 1. The summed E-state index contributed by atoms with van der Waals surface area (Å²) in [6.45, 7) is 6.19. The Hall–Kier alpha value is -1.62. The lowest BCUT2D eigenvalue weighted by Crippen LogP contribution is -2.38. The van der Waals surface area contributed by atoms with Crippen molar-refractivity contribution in [3.05, 3.63) is 23.4 Å². The molecule has 2 rings (SSSR count). The van der Waals surface area contributed by atoms with Crippen LogP contribution < -0.4 is 4.90 Å². The van der Waals surface area contributed by atoms with Gasteiger partial charge in [-0.2, -0.15) is 0 Å². The normalized spacial score (nSPS) is 16.6. The number of carboxylic acid groups (broad SMARTS) is 1. The highest BCUT2D eigenvalue weighted by Gasteiger charge is 2.24. The van der Waals surface area contributed by atoms with Crippen molar-refractivity contribution in [2.45, 2.75) is 32.8 Å². The fraction of sp³-hybridized carbons (Fsp3) is 0.571. The highest BCUT2D eigenvalue weighted by molar-refractivity contribution is 5.93. The molecule has 1 aliphatic rings. The third-order valence-corrected chi connectivity index (χ3v) is 3.39. The predicted molar refractivity (Wildman–Crippen MR) is 72.8 cm³/mol. The lowest BCUT2D eigenvalue weighted by atomic mass is 10.1. The number of hydrogen-bond acceptors (Lipinski definition) is 4. The van der Waals surface area contributed by atoms with Gasteiger partial charge in [0.05, 0.1) is 6.10 Å². The van der Waals surface area contributed by atoms with E-state index in [1.54, 1.807) is 12.1 Å². The number of ether oxygens (including phenoxy) is 1. The summed E-state index contributed by atoms with van der Waals surface area (Å²) in [6.07, 6.45) is 2.13. The summed E-state index contributed by atoms with van der Waals surface area (Å²) in [7, 11) is 0. The van der Waals surface area contributed by atoms with Crippen molar-refractivity contribution in [2.24, 2.45) is 0 Å². The molecular formula is C14H20N2O3. The summed E-state index contributed by atoms with van der Waals surface area (Å²) in [5.74, 6) is -0.336. The summed E-state index contributed by atoms with van der Waals surface area (Å²) < 4.78 is 5.61. The van der Waals surface area contributed by atoms with Crippen LogP contribution >= 0.6 is 0 Å². The van der Waals surface area contributed by atoms with Crippen LogP contribution in [0.2, 0.25) is 0 Å². The van der Waals surface area contributed by atoms with E-state index in [0.29, 0.717) is 11.9 Å². The number of carboxylic acids is 1.